The molecule has 154 valence electrons. The minimum absolute atomic E-state index is 0.129. The average molecular weight is 403 g/mol. The van der Waals surface area contributed by atoms with Crippen LogP contribution in [0.25, 0.3) is 0 Å². The minimum atomic E-state index is -0.129. The predicted molar refractivity (Wildman–Crippen MR) is 115 cm³/mol. The molecular weight excluding hydrogens is 378 g/mol. The highest BCUT2D eigenvalue weighted by molar-refractivity contribution is 5.94. The molecule has 1 aliphatic rings. The average Bonchev–Trinajstić information content (AvgIpc) is 3.01. The Kier molecular flexibility index (Phi) is 6.18. The summed E-state index contributed by atoms with van der Waals surface area (Å²) in [5.41, 5.74) is 3.76. The zero-order valence-electron chi connectivity index (χ0n) is 17.0. The number of hydrogen-bond donors (Lipinski definition) is 1. The van der Waals surface area contributed by atoms with Gasteiger partial charge in [0.1, 0.15) is 12.4 Å². The lowest BCUT2D eigenvalue weighted by Gasteiger charge is -2.13. The van der Waals surface area contributed by atoms with Crippen LogP contribution in [0.4, 0.5) is 0 Å². The standard InChI is InChI=1S/C25H25NO4/c1-18-14-23-24(29-13-5-12-28-23)15-21(18)16-26-25(27)20-8-10-22(11-9-20)30-17-19-6-3-2-4-7-19/h2-4,6-11,14-15H,5,12-13,16-17H2,1H3,(H,26,27). The van der Waals surface area contributed by atoms with E-state index < -0.39 is 0 Å². The molecule has 0 saturated heterocycles. The molecule has 5 nitrogen and oxygen atoms in total. The number of amides is 1. The second-order valence-electron chi connectivity index (χ2n) is 7.26. The van der Waals surface area contributed by atoms with Gasteiger partial charge in [-0.05, 0) is 60.0 Å². The smallest absolute Gasteiger partial charge is 0.251 e. The molecule has 1 N–H and O–H groups in total. The number of aryl methyl sites for hydroxylation is 1. The van der Waals surface area contributed by atoms with Crippen molar-refractivity contribution in [3.63, 3.8) is 0 Å². The lowest BCUT2D eigenvalue weighted by atomic mass is 10.1. The zero-order chi connectivity index (χ0) is 20.8. The van der Waals surface area contributed by atoms with Crippen molar-refractivity contribution in [2.24, 2.45) is 0 Å². The lowest BCUT2D eigenvalue weighted by Crippen LogP contribution is -2.23. The summed E-state index contributed by atoms with van der Waals surface area (Å²) in [5.74, 6) is 2.11. The van der Waals surface area contributed by atoms with Crippen LogP contribution in [0.15, 0.2) is 66.7 Å². The second kappa shape index (κ2) is 9.35. The Hall–Kier alpha value is -3.47. The van der Waals surface area contributed by atoms with Crippen LogP contribution in [-0.4, -0.2) is 19.1 Å². The van der Waals surface area contributed by atoms with E-state index >= 15 is 0 Å². The van der Waals surface area contributed by atoms with Gasteiger partial charge in [0.2, 0.25) is 0 Å². The van der Waals surface area contributed by atoms with Crippen molar-refractivity contribution in [3.8, 4) is 17.2 Å². The van der Waals surface area contributed by atoms with E-state index in [-0.39, 0.29) is 5.91 Å². The molecule has 4 rings (SSSR count). The van der Waals surface area contributed by atoms with Crippen LogP contribution in [0.2, 0.25) is 0 Å². The van der Waals surface area contributed by atoms with Gasteiger partial charge in [0.05, 0.1) is 13.2 Å². The molecule has 3 aromatic carbocycles. The molecule has 0 radical (unpaired) electrons. The fourth-order valence-electron chi connectivity index (χ4n) is 3.26. The maximum atomic E-state index is 12.6. The maximum absolute atomic E-state index is 12.6. The minimum Gasteiger partial charge on any atom is -0.490 e. The van der Waals surface area contributed by atoms with E-state index in [0.717, 1.165) is 40.4 Å². The molecule has 0 aliphatic carbocycles. The van der Waals surface area contributed by atoms with E-state index in [4.69, 9.17) is 14.2 Å². The van der Waals surface area contributed by atoms with Gasteiger partial charge in [-0.25, -0.2) is 0 Å². The van der Waals surface area contributed by atoms with E-state index in [1.807, 2.05) is 61.5 Å². The van der Waals surface area contributed by atoms with Gasteiger partial charge >= 0.3 is 0 Å². The topological polar surface area (TPSA) is 56.8 Å². The van der Waals surface area contributed by atoms with Crippen LogP contribution in [0.1, 0.15) is 33.5 Å². The molecule has 3 aromatic rings. The highest BCUT2D eigenvalue weighted by Gasteiger charge is 2.14. The van der Waals surface area contributed by atoms with Crippen molar-refractivity contribution >= 4 is 5.91 Å². The molecule has 0 saturated carbocycles. The SMILES string of the molecule is Cc1cc2c(cc1CNC(=O)c1ccc(OCc3ccccc3)cc1)OCCCO2. The number of ether oxygens (including phenoxy) is 3. The molecule has 1 amide bonds. The summed E-state index contributed by atoms with van der Waals surface area (Å²) < 4.78 is 17.2. The Morgan fingerprint density at radius 1 is 0.967 bits per heavy atom. The van der Waals surface area contributed by atoms with E-state index in [0.29, 0.717) is 31.9 Å². The first-order valence-corrected chi connectivity index (χ1v) is 10.1. The van der Waals surface area contributed by atoms with Crippen LogP contribution >= 0.6 is 0 Å². The van der Waals surface area contributed by atoms with Crippen molar-refractivity contribution in [1.29, 1.82) is 0 Å². The zero-order valence-corrected chi connectivity index (χ0v) is 17.0. The van der Waals surface area contributed by atoms with Gasteiger partial charge in [0, 0.05) is 18.5 Å². The van der Waals surface area contributed by atoms with E-state index in [1.54, 1.807) is 12.1 Å². The summed E-state index contributed by atoms with van der Waals surface area (Å²) >= 11 is 0. The normalized spacial score (nSPS) is 12.7. The number of fused-ring (bicyclic) bond motifs is 1. The number of carbonyl (C=O) groups excluding carboxylic acids is 1. The summed E-state index contributed by atoms with van der Waals surface area (Å²) in [4.78, 5) is 12.6. The summed E-state index contributed by atoms with van der Waals surface area (Å²) in [5, 5.41) is 2.98. The van der Waals surface area contributed by atoms with Crippen LogP contribution in [0, 0.1) is 6.92 Å². The molecule has 0 unspecified atom stereocenters. The summed E-state index contributed by atoms with van der Waals surface area (Å²) in [6, 6.07) is 21.1. The Labute approximate surface area is 176 Å². The van der Waals surface area contributed by atoms with Gasteiger partial charge in [-0.3, -0.25) is 4.79 Å². The van der Waals surface area contributed by atoms with Gasteiger partial charge in [0.15, 0.2) is 11.5 Å². The maximum Gasteiger partial charge on any atom is 0.251 e. The molecule has 0 spiro atoms. The number of carbonyl (C=O) groups is 1. The van der Waals surface area contributed by atoms with Crippen LogP contribution in [-0.2, 0) is 13.2 Å². The van der Waals surface area contributed by atoms with Crippen LogP contribution < -0.4 is 19.5 Å². The molecule has 0 atom stereocenters. The molecule has 5 heteroatoms. The Morgan fingerprint density at radius 2 is 1.67 bits per heavy atom. The molecule has 0 bridgehead atoms. The van der Waals surface area contributed by atoms with Crippen molar-refractivity contribution in [2.75, 3.05) is 13.2 Å². The first-order valence-electron chi connectivity index (χ1n) is 10.1. The van der Waals surface area contributed by atoms with Gasteiger partial charge in [0.25, 0.3) is 5.91 Å². The molecule has 0 fully saturated rings. The van der Waals surface area contributed by atoms with Gasteiger partial charge in [-0.2, -0.15) is 0 Å². The summed E-state index contributed by atoms with van der Waals surface area (Å²) in [7, 11) is 0. The molecule has 1 heterocycles. The highest BCUT2D eigenvalue weighted by Crippen LogP contribution is 2.32. The first-order chi connectivity index (χ1) is 14.7. The molecule has 30 heavy (non-hydrogen) atoms. The fourth-order valence-corrected chi connectivity index (χ4v) is 3.26. The third-order valence-electron chi connectivity index (χ3n) is 5.01. The summed E-state index contributed by atoms with van der Waals surface area (Å²) in [6.07, 6.45) is 0.866. The van der Waals surface area contributed by atoms with E-state index in [1.165, 1.54) is 0 Å². The number of hydrogen-bond acceptors (Lipinski definition) is 4. The lowest BCUT2D eigenvalue weighted by molar-refractivity contribution is 0.0950. The highest BCUT2D eigenvalue weighted by atomic mass is 16.5. The molecule has 0 aromatic heterocycles. The molecule has 1 aliphatic heterocycles. The fraction of sp³-hybridized carbons (Fsp3) is 0.240. The predicted octanol–water partition coefficient (Wildman–Crippen LogP) is 4.67. The number of benzene rings is 3. The largest absolute Gasteiger partial charge is 0.490 e. The summed E-state index contributed by atoms with van der Waals surface area (Å²) in [6.45, 7) is 4.23. The van der Waals surface area contributed by atoms with Crippen molar-refractivity contribution < 1.29 is 19.0 Å². The third-order valence-corrected chi connectivity index (χ3v) is 5.01. The second-order valence-corrected chi connectivity index (χ2v) is 7.26. The van der Waals surface area contributed by atoms with E-state index in [9.17, 15) is 4.79 Å². The first kappa shape index (κ1) is 19.8. The third kappa shape index (κ3) is 4.92. The van der Waals surface area contributed by atoms with Crippen LogP contribution in [0.3, 0.4) is 0 Å². The van der Waals surface area contributed by atoms with Crippen molar-refractivity contribution in [2.45, 2.75) is 26.5 Å². The van der Waals surface area contributed by atoms with Gasteiger partial charge in [-0.15, -0.1) is 0 Å². The molecular formula is C25H25NO4. The quantitative estimate of drug-likeness (QED) is 0.650. The van der Waals surface area contributed by atoms with Crippen LogP contribution in [0.5, 0.6) is 17.2 Å². The van der Waals surface area contributed by atoms with Gasteiger partial charge < -0.3 is 19.5 Å². The van der Waals surface area contributed by atoms with E-state index in [2.05, 4.69) is 5.32 Å². The Bertz CT molecular complexity index is 1000. The van der Waals surface area contributed by atoms with Crippen molar-refractivity contribution in [1.82, 2.24) is 5.32 Å². The monoisotopic (exact) mass is 403 g/mol. The number of nitrogens with one attached hydrogen (secondary N) is 1. The number of rotatable bonds is 6. The Balaban J connectivity index is 1.34. The van der Waals surface area contributed by atoms with Gasteiger partial charge in [-0.1, -0.05) is 30.3 Å². The van der Waals surface area contributed by atoms with Crippen molar-refractivity contribution in [3.05, 3.63) is 89.0 Å². The Morgan fingerprint density at radius 3 is 2.40 bits per heavy atom.